The van der Waals surface area contributed by atoms with Crippen LogP contribution in [0.15, 0.2) is 392 Å². The van der Waals surface area contributed by atoms with Crippen LogP contribution in [0.1, 0.15) is 0 Å². The zero-order valence-electron chi connectivity index (χ0n) is 64.3. The molecule has 6 nitrogen and oxygen atoms in total. The summed E-state index contributed by atoms with van der Waals surface area (Å²) >= 11 is 24.2. The van der Waals surface area contributed by atoms with Gasteiger partial charge in [-0.05, 0) is 162 Å². The molecular formula is C108H60Br6Ir2N6. The third-order valence-corrected chi connectivity index (χ3v) is 25.4. The Morgan fingerprint density at radius 2 is 0.336 bits per heavy atom. The Labute approximate surface area is 786 Å². The number of nitrogens with zero attached hydrogens (tertiary/aromatic N) is 6. The van der Waals surface area contributed by atoms with Crippen molar-refractivity contribution in [1.82, 2.24) is 29.9 Å². The van der Waals surface area contributed by atoms with Crippen LogP contribution in [0.3, 0.4) is 0 Å². The maximum absolute atomic E-state index is 4.88. The molecule has 5 aromatic heterocycles. The van der Waals surface area contributed by atoms with Crippen molar-refractivity contribution >= 4 is 95.6 Å². The molecule has 0 saturated carbocycles. The molecule has 0 spiro atoms. The minimum absolute atomic E-state index is 0. The second-order valence-corrected chi connectivity index (χ2v) is 33.8. The molecule has 122 heavy (non-hydrogen) atoms. The van der Waals surface area contributed by atoms with Crippen molar-refractivity contribution in [3.63, 3.8) is 0 Å². The fourth-order valence-electron chi connectivity index (χ4n) is 15.7. The van der Waals surface area contributed by atoms with E-state index in [9.17, 15) is 0 Å². The van der Waals surface area contributed by atoms with Crippen LogP contribution in [0.2, 0.25) is 0 Å². The molecule has 582 valence electrons. The summed E-state index contributed by atoms with van der Waals surface area (Å²) in [5.74, 6) is 0. The van der Waals surface area contributed by atoms with Gasteiger partial charge in [0.1, 0.15) is 0 Å². The van der Waals surface area contributed by atoms with E-state index >= 15 is 0 Å². The Bertz CT molecular complexity index is 6420. The predicted molar refractivity (Wildman–Crippen MR) is 510 cm³/mol. The molecule has 19 aromatic rings. The molecule has 0 bridgehead atoms. The topological polar surface area (TPSA) is 77.3 Å². The third kappa shape index (κ3) is 17.3. The van der Waals surface area contributed by atoms with E-state index in [1.54, 1.807) is 6.33 Å². The van der Waals surface area contributed by atoms with Gasteiger partial charge in [-0.25, -0.2) is 0 Å². The smallest absolute Gasteiger partial charge is 0.305 e. The number of hydrogen-bond acceptors (Lipinski definition) is 6. The van der Waals surface area contributed by atoms with Crippen LogP contribution in [0.4, 0.5) is 0 Å². The van der Waals surface area contributed by atoms with E-state index in [0.717, 1.165) is 217 Å². The van der Waals surface area contributed by atoms with Crippen LogP contribution in [0.5, 0.6) is 0 Å². The molecule has 0 amide bonds. The summed E-state index contributed by atoms with van der Waals surface area (Å²) in [4.78, 5) is 28.3. The molecule has 0 aliphatic rings. The first kappa shape index (κ1) is 83.2. The van der Waals surface area contributed by atoms with Gasteiger partial charge in [-0.3, -0.25) is 9.97 Å². The number of pyridine rings is 4. The first-order valence-corrected chi connectivity index (χ1v) is 43.4. The maximum atomic E-state index is 4.88. The van der Waals surface area contributed by atoms with Crippen molar-refractivity contribution in [2.24, 2.45) is 0 Å². The van der Waals surface area contributed by atoms with Gasteiger partial charge in [0, 0.05) is 24.8 Å². The van der Waals surface area contributed by atoms with Gasteiger partial charge in [0.2, 0.25) is 0 Å². The van der Waals surface area contributed by atoms with Crippen LogP contribution in [0.25, 0.3) is 201 Å². The first-order valence-electron chi connectivity index (χ1n) is 38.6. The predicted octanol–water partition coefficient (Wildman–Crippen LogP) is 31.4. The molecule has 0 N–H and O–H groups in total. The number of benzene rings is 14. The first-order chi connectivity index (χ1) is 59.0. The van der Waals surface area contributed by atoms with E-state index in [-0.39, 0.29) is 40.2 Å². The van der Waals surface area contributed by atoms with Crippen LogP contribution in [0, 0.1) is 36.4 Å². The van der Waals surface area contributed by atoms with Gasteiger partial charge in [-0.1, -0.05) is 389 Å². The number of hydrogen-bond donors (Lipinski definition) is 0. The zero-order chi connectivity index (χ0) is 81.2. The zero-order valence-corrected chi connectivity index (χ0v) is 78.6. The monoisotopic (exact) mass is 2300 g/mol. The van der Waals surface area contributed by atoms with E-state index in [4.69, 9.17) is 9.97 Å². The van der Waals surface area contributed by atoms with Gasteiger partial charge >= 0.3 is 40.2 Å². The average Bonchev–Trinajstić information content (AvgIpc) is 0.763. The van der Waals surface area contributed by atoms with Crippen molar-refractivity contribution < 1.29 is 40.2 Å². The van der Waals surface area contributed by atoms with Crippen molar-refractivity contribution in [1.29, 1.82) is 0 Å². The van der Waals surface area contributed by atoms with E-state index in [1.807, 2.05) is 104 Å². The second-order valence-electron chi connectivity index (χ2n) is 28.7. The quantitative estimate of drug-likeness (QED) is 0.0797. The molecule has 0 saturated heterocycles. The Morgan fingerprint density at radius 3 is 0.508 bits per heavy atom. The summed E-state index contributed by atoms with van der Waals surface area (Å²) in [6, 6.07) is 138. The molecule has 0 atom stereocenters. The van der Waals surface area contributed by atoms with Crippen LogP contribution < -0.4 is 0 Å². The molecule has 0 radical (unpaired) electrons. The summed E-state index contributed by atoms with van der Waals surface area (Å²) in [6.07, 6.45) is 8.86. The summed E-state index contributed by atoms with van der Waals surface area (Å²) in [6.45, 7) is 0. The Hall–Kier alpha value is -11.1. The average molecular weight is 2310 g/mol. The Kier molecular flexibility index (Phi) is 25.5. The molecule has 0 aliphatic heterocycles. The summed E-state index contributed by atoms with van der Waals surface area (Å²) in [5, 5.41) is 0. The summed E-state index contributed by atoms with van der Waals surface area (Å²) in [7, 11) is 0. The molecule has 0 fully saturated rings. The molecule has 5 heterocycles. The van der Waals surface area contributed by atoms with Gasteiger partial charge in [0.25, 0.3) is 0 Å². The number of rotatable bonds is 18. The number of aromatic nitrogens is 6. The molecular weight excluding hydrogens is 2250 g/mol. The molecule has 0 unspecified atom stereocenters. The fraction of sp³-hybridized carbons (Fsp3) is 0. The van der Waals surface area contributed by atoms with Crippen LogP contribution in [-0.4, -0.2) is 29.9 Å². The van der Waals surface area contributed by atoms with E-state index < -0.39 is 0 Å². The SMILES string of the molecule is Brc1cc(-c2ccccn2)[c-]cc1-c1ccccc1-c1cc(-c2ccccc2-c2c[c-]c(-c3ccccn3)cc2Br)cc(-c2ccccc2-c2c[c-]c(-c3cc(-c4[c-]cc(-c5ccccc5-c5cc(-c6ccccc6-c6c[c-]c(-c7ccccn7)cc6Br)cc(-c6ccccc6-c6c[c-]c(-c7ccccn7)cc6Br)c5)c(Br)c4)ncn3)cc2Br)c1.[Ir+3].[Ir+3]. The largest absolute Gasteiger partial charge is 3.00 e. The van der Waals surface area contributed by atoms with E-state index in [2.05, 4.69) is 407 Å². The van der Waals surface area contributed by atoms with Gasteiger partial charge < -0.3 is 19.9 Å². The van der Waals surface area contributed by atoms with Gasteiger partial charge in [-0.2, -0.15) is 0 Å². The van der Waals surface area contributed by atoms with E-state index in [1.165, 1.54) is 0 Å². The standard InChI is InChI=1S/C108H60Br6N6.2Ir/c109-97-59-67(103-33-13-17-49-115-103)37-43-91(97)85-27-7-1-21-79(85)73-53-74(80-22-2-8-28-86(80)92-44-38-68(60-98(92)110)104-34-14-18-50-116-104)56-77(55-73)83-25-5-11-31-89(83)95-47-41-71(63-101(95)113)107-65-108(120-66-119-107)72-42-48-96(102(114)64-72)90-32-12-6-26-84(90)78-57-75(81-23-3-9-29-87(81)93-45-39-69(61-99(93)111)105-35-15-19-51-117-105)54-76(58-78)82-24-4-10-30-88(82)94-46-40-70(62-100(94)112)106-36-16-20-52-118-106;;/h1-36,43-66H;;/q-6;2*+3. The second kappa shape index (κ2) is 37.3. The van der Waals surface area contributed by atoms with Gasteiger partial charge in [-0.15, -0.1) is 143 Å². The van der Waals surface area contributed by atoms with Crippen LogP contribution in [-0.2, 0) is 40.2 Å². The van der Waals surface area contributed by atoms with E-state index in [0.29, 0.717) is 11.4 Å². The van der Waals surface area contributed by atoms with Crippen molar-refractivity contribution in [2.75, 3.05) is 0 Å². The van der Waals surface area contributed by atoms with Crippen molar-refractivity contribution in [2.45, 2.75) is 0 Å². The molecule has 14 aromatic carbocycles. The molecule has 19 rings (SSSR count). The third-order valence-electron chi connectivity index (χ3n) is 21.4. The van der Waals surface area contributed by atoms with Gasteiger partial charge in [0.05, 0.1) is 6.33 Å². The van der Waals surface area contributed by atoms with Crippen molar-refractivity contribution in [3.8, 4) is 201 Å². The minimum atomic E-state index is 0. The fourth-order valence-corrected chi connectivity index (χ4v) is 19.0. The minimum Gasteiger partial charge on any atom is -0.305 e. The summed E-state index contributed by atoms with van der Waals surface area (Å²) in [5.41, 5.74) is 34.8. The maximum Gasteiger partial charge on any atom is 3.00 e. The van der Waals surface area contributed by atoms with Crippen molar-refractivity contribution in [3.05, 3.63) is 428 Å². The summed E-state index contributed by atoms with van der Waals surface area (Å²) < 4.78 is 5.50. The molecule has 14 heteroatoms. The molecule has 0 aliphatic carbocycles. The Morgan fingerprint density at radius 1 is 0.164 bits per heavy atom. The number of halogens is 6. The van der Waals surface area contributed by atoms with Crippen LogP contribution >= 0.6 is 95.6 Å². The Balaban J connectivity index is 0.00000529. The van der Waals surface area contributed by atoms with Gasteiger partial charge in [0.15, 0.2) is 0 Å². The normalized spacial score (nSPS) is 11.1.